The monoisotopic (exact) mass is 198 g/mol. The van der Waals surface area contributed by atoms with Gasteiger partial charge in [0.15, 0.2) is 0 Å². The number of hydrogen-bond donors (Lipinski definition) is 0. The first-order chi connectivity index (χ1) is 2.00. The van der Waals surface area contributed by atoms with Crippen molar-refractivity contribution in [1.29, 1.82) is 0 Å². The molecule has 0 spiro atoms. The summed E-state index contributed by atoms with van der Waals surface area (Å²) in [5.74, 6) is 0. The van der Waals surface area contributed by atoms with Crippen molar-refractivity contribution < 1.29 is 133 Å². The molecule has 0 aliphatic heterocycles. The summed E-state index contributed by atoms with van der Waals surface area (Å²) in [6, 6.07) is 0. The quantitative estimate of drug-likeness (QED) is 0.362. The summed E-state index contributed by atoms with van der Waals surface area (Å²) in [6.45, 7) is 0. The van der Waals surface area contributed by atoms with Crippen molar-refractivity contribution in [1.82, 2.24) is 0 Å². The van der Waals surface area contributed by atoms with Crippen molar-refractivity contribution in [3.05, 3.63) is 0 Å². The third kappa shape index (κ3) is 47.1. The standard InChI is InChI=1S/2K.Mn.4O.H/q2*+1;;;;;2*-1. The molecule has 0 atom stereocenters. The van der Waals surface area contributed by atoms with Crippen molar-refractivity contribution in [2.45, 2.75) is 0 Å². The molecule has 0 aromatic heterocycles. The van der Waals surface area contributed by atoms with Gasteiger partial charge in [0, 0.05) is 0 Å². The van der Waals surface area contributed by atoms with Gasteiger partial charge in [-0.05, 0) is 0 Å². The van der Waals surface area contributed by atoms with Gasteiger partial charge in [-0.3, -0.25) is 0 Å². The normalized spacial score (nSPS) is 8.14. The summed E-state index contributed by atoms with van der Waals surface area (Å²) in [7, 11) is 0. The molecule has 4 nitrogen and oxygen atoms in total. The van der Waals surface area contributed by atoms with Crippen LogP contribution in [0.2, 0.25) is 0 Å². The fourth-order valence-corrected chi connectivity index (χ4v) is 0. The van der Waals surface area contributed by atoms with E-state index in [1.165, 1.54) is 0 Å². The second-order valence-corrected chi connectivity index (χ2v) is 1.56. The maximum absolute atomic E-state index is 8.58. The van der Waals surface area contributed by atoms with Crippen LogP contribution >= 0.6 is 0 Å². The van der Waals surface area contributed by atoms with Gasteiger partial charge in [-0.1, -0.05) is 0 Å². The second-order valence-electron chi connectivity index (χ2n) is 0.378. The molecule has 0 aliphatic rings. The van der Waals surface area contributed by atoms with E-state index >= 15 is 0 Å². The molecule has 34 valence electrons. The van der Waals surface area contributed by atoms with Crippen LogP contribution in [0.5, 0.6) is 0 Å². The third-order valence-electron chi connectivity index (χ3n) is 0. The van der Waals surface area contributed by atoms with Crippen LogP contribution in [0.25, 0.3) is 0 Å². The predicted octanol–water partition coefficient (Wildman–Crippen LogP) is -7.43. The molecule has 7 heteroatoms. The fraction of sp³-hybridized carbons (Fsp3) is 0. The van der Waals surface area contributed by atoms with Crippen molar-refractivity contribution in [2.75, 3.05) is 0 Å². The van der Waals surface area contributed by atoms with Crippen LogP contribution in [-0.4, -0.2) is 0 Å². The van der Waals surface area contributed by atoms with Crippen LogP contribution in [0.3, 0.4) is 0 Å². The van der Waals surface area contributed by atoms with E-state index in [4.69, 9.17) is 15.7 Å². The molecule has 0 radical (unpaired) electrons. The van der Waals surface area contributed by atoms with Gasteiger partial charge >= 0.3 is 131 Å². The van der Waals surface area contributed by atoms with Crippen LogP contribution < -0.4 is 107 Å². The van der Waals surface area contributed by atoms with Gasteiger partial charge in [0.05, 0.1) is 0 Å². The predicted molar refractivity (Wildman–Crippen MR) is 3.17 cm³/mol. The summed E-state index contributed by atoms with van der Waals surface area (Å²) >= 11 is -5.62. The topological polar surface area (TPSA) is 74.3 Å². The molecule has 0 aromatic carbocycles. The van der Waals surface area contributed by atoms with Gasteiger partial charge in [-0.2, -0.15) is 0 Å². The van der Waals surface area contributed by atoms with Crippen LogP contribution in [0.15, 0.2) is 0 Å². The first-order valence-corrected chi connectivity index (χ1v) is 2.54. The Balaban J connectivity index is -0.0000000267. The van der Waals surface area contributed by atoms with Crippen molar-refractivity contribution in [2.24, 2.45) is 0 Å². The Kier molecular flexibility index (Phi) is 17.2. The zero-order valence-electron chi connectivity index (χ0n) is 5.01. The van der Waals surface area contributed by atoms with Crippen LogP contribution in [-0.2, 0) is 24.5 Å². The molecule has 0 saturated heterocycles. The summed E-state index contributed by atoms with van der Waals surface area (Å²) in [5, 5.41) is 0. The molecule has 0 fully saturated rings. The summed E-state index contributed by atoms with van der Waals surface area (Å²) in [5.41, 5.74) is 0. The van der Waals surface area contributed by atoms with Gasteiger partial charge in [-0.25, -0.2) is 0 Å². The molecule has 0 N–H and O–H groups in total. The molecule has 0 heterocycles. The summed E-state index contributed by atoms with van der Waals surface area (Å²) < 4.78 is 34.3. The molecular formula is HK2MnO4. The Morgan fingerprint density at radius 2 is 1.14 bits per heavy atom. The van der Waals surface area contributed by atoms with Crippen molar-refractivity contribution in [3.8, 4) is 0 Å². The second kappa shape index (κ2) is 7.26. The van der Waals surface area contributed by atoms with Crippen LogP contribution in [0, 0.1) is 0 Å². The average Bonchev–Trinajstić information content (AvgIpc) is 0.722. The van der Waals surface area contributed by atoms with Gasteiger partial charge < -0.3 is 1.43 Å². The van der Waals surface area contributed by atoms with E-state index in [1.54, 1.807) is 0 Å². The first kappa shape index (κ1) is 16.6. The Labute approximate surface area is 129 Å². The van der Waals surface area contributed by atoms with Gasteiger partial charge in [0.1, 0.15) is 0 Å². The zero-order valence-corrected chi connectivity index (χ0v) is 11.4. The van der Waals surface area contributed by atoms with Gasteiger partial charge in [0.25, 0.3) is 0 Å². The maximum atomic E-state index is 8.58. The Bertz CT molecular complexity index is 135. The molecule has 0 rings (SSSR count). The molecule has 0 saturated carbocycles. The molecule has 0 bridgehead atoms. The van der Waals surface area contributed by atoms with Gasteiger partial charge in [-0.15, -0.1) is 0 Å². The minimum absolute atomic E-state index is 0. The van der Waals surface area contributed by atoms with E-state index in [0.717, 1.165) is 0 Å². The van der Waals surface area contributed by atoms with Crippen LogP contribution in [0.4, 0.5) is 0 Å². The Hall–Kier alpha value is 3.15. The molecule has 0 aliphatic carbocycles. The van der Waals surface area contributed by atoms with E-state index < -0.39 is 13.0 Å². The van der Waals surface area contributed by atoms with Gasteiger partial charge in [0.2, 0.25) is 0 Å². The SMILES string of the molecule is [H-].[K+].[K+].[O]=[Mn](=[O])(=[O])[O-]. The van der Waals surface area contributed by atoms with E-state index in [9.17, 15) is 0 Å². The average molecular weight is 198 g/mol. The number of rotatable bonds is 0. The molecule has 7 heavy (non-hydrogen) atoms. The van der Waals surface area contributed by atoms with E-state index in [2.05, 4.69) is 0 Å². The molecule has 0 aromatic rings. The Morgan fingerprint density at radius 3 is 1.14 bits per heavy atom. The molecular weight excluding hydrogens is 197 g/mol. The Morgan fingerprint density at radius 1 is 1.14 bits per heavy atom. The first-order valence-electron chi connectivity index (χ1n) is 0.617. The summed E-state index contributed by atoms with van der Waals surface area (Å²) in [4.78, 5) is 0. The molecule has 0 amide bonds. The van der Waals surface area contributed by atoms with Crippen molar-refractivity contribution in [3.63, 3.8) is 0 Å². The summed E-state index contributed by atoms with van der Waals surface area (Å²) in [6.07, 6.45) is 0. The minimum atomic E-state index is -5.62. The number of hydrogen-bond acceptors (Lipinski definition) is 4. The molecule has 0 unspecified atom stereocenters. The third-order valence-corrected chi connectivity index (χ3v) is 0. The fourth-order valence-electron chi connectivity index (χ4n) is 0. The van der Waals surface area contributed by atoms with Crippen LogP contribution in [0.1, 0.15) is 1.43 Å². The van der Waals surface area contributed by atoms with Crippen molar-refractivity contribution >= 4 is 0 Å². The van der Waals surface area contributed by atoms with E-state index in [1.807, 2.05) is 0 Å². The zero-order chi connectivity index (χ0) is 4.50. The van der Waals surface area contributed by atoms with E-state index in [-0.39, 0.29) is 104 Å². The van der Waals surface area contributed by atoms with E-state index in [0.29, 0.717) is 0 Å².